The van der Waals surface area contributed by atoms with Crippen LogP contribution in [0.1, 0.15) is 55.5 Å². The minimum atomic E-state index is -0.662. The van der Waals surface area contributed by atoms with Gasteiger partial charge in [-0.15, -0.1) is 0 Å². The highest BCUT2D eigenvalue weighted by molar-refractivity contribution is 5.98. The first kappa shape index (κ1) is 27.4. The van der Waals surface area contributed by atoms with Crippen LogP contribution in [0.25, 0.3) is 0 Å². The molecule has 0 bridgehead atoms. The zero-order chi connectivity index (χ0) is 27.3. The van der Waals surface area contributed by atoms with Crippen molar-refractivity contribution in [3.8, 4) is 28.7 Å². The van der Waals surface area contributed by atoms with Crippen molar-refractivity contribution in [2.75, 3.05) is 20.8 Å². The zero-order valence-corrected chi connectivity index (χ0v) is 22.2. The number of benzene rings is 3. The monoisotopic (exact) mass is 508 g/mol. The number of methoxy groups -OCH3 is 2. The molecule has 0 spiro atoms. The van der Waals surface area contributed by atoms with Crippen LogP contribution < -0.4 is 18.9 Å². The van der Waals surface area contributed by atoms with Crippen molar-refractivity contribution < 1.29 is 38.4 Å². The number of carbonyl (C=O) groups is 2. The predicted molar refractivity (Wildman–Crippen MR) is 138 cm³/mol. The molecule has 3 aromatic carbocycles. The average molecular weight is 509 g/mol. The SMILES string of the molecule is CCOC(=O)c1c(C)cc(OC(=O)c2c(C)cc(OCc3ccc(OC)cc3)c(C)c2OC)c(C)c1O. The van der Waals surface area contributed by atoms with Gasteiger partial charge in [0.2, 0.25) is 0 Å². The summed E-state index contributed by atoms with van der Waals surface area (Å²) in [6, 6.07) is 10.8. The number of aromatic hydroxyl groups is 1. The maximum Gasteiger partial charge on any atom is 0.347 e. The van der Waals surface area contributed by atoms with Gasteiger partial charge in [0.05, 0.1) is 20.8 Å². The Morgan fingerprint density at radius 1 is 0.811 bits per heavy atom. The molecule has 3 aromatic rings. The third kappa shape index (κ3) is 5.80. The number of hydrogen-bond acceptors (Lipinski definition) is 8. The van der Waals surface area contributed by atoms with Crippen molar-refractivity contribution in [1.29, 1.82) is 0 Å². The van der Waals surface area contributed by atoms with E-state index in [2.05, 4.69) is 0 Å². The Hall–Kier alpha value is -4.20. The zero-order valence-electron chi connectivity index (χ0n) is 22.2. The lowest BCUT2D eigenvalue weighted by Crippen LogP contribution is -2.15. The maximum absolute atomic E-state index is 13.3. The number of rotatable bonds is 9. The summed E-state index contributed by atoms with van der Waals surface area (Å²) in [4.78, 5) is 25.5. The molecule has 0 aliphatic heterocycles. The van der Waals surface area contributed by atoms with Crippen molar-refractivity contribution in [2.45, 2.75) is 41.2 Å². The van der Waals surface area contributed by atoms with Gasteiger partial charge in [-0.3, -0.25) is 0 Å². The molecular weight excluding hydrogens is 476 g/mol. The van der Waals surface area contributed by atoms with E-state index in [-0.39, 0.29) is 34.8 Å². The third-order valence-corrected chi connectivity index (χ3v) is 6.03. The van der Waals surface area contributed by atoms with E-state index in [1.165, 1.54) is 13.2 Å². The molecule has 37 heavy (non-hydrogen) atoms. The quantitative estimate of drug-likeness (QED) is 0.294. The number of aryl methyl sites for hydroxylation is 2. The molecule has 0 aromatic heterocycles. The predicted octanol–water partition coefficient (Wildman–Crippen LogP) is 5.62. The van der Waals surface area contributed by atoms with Crippen LogP contribution in [0.2, 0.25) is 0 Å². The first-order valence-electron chi connectivity index (χ1n) is 11.8. The number of phenols is 1. The summed E-state index contributed by atoms with van der Waals surface area (Å²) < 4.78 is 27.5. The van der Waals surface area contributed by atoms with Crippen LogP contribution in [-0.4, -0.2) is 37.9 Å². The number of hydrogen-bond donors (Lipinski definition) is 1. The van der Waals surface area contributed by atoms with Crippen LogP contribution in [0, 0.1) is 27.7 Å². The Labute approximate surface area is 216 Å². The number of phenolic OH excluding ortho intramolecular Hbond substituents is 1. The fraction of sp³-hybridized carbons (Fsp3) is 0.310. The molecule has 8 nitrogen and oxygen atoms in total. The molecule has 0 fully saturated rings. The van der Waals surface area contributed by atoms with Gasteiger partial charge < -0.3 is 28.8 Å². The van der Waals surface area contributed by atoms with Crippen LogP contribution in [0.3, 0.4) is 0 Å². The normalized spacial score (nSPS) is 10.6. The Morgan fingerprint density at radius 2 is 1.43 bits per heavy atom. The maximum atomic E-state index is 13.3. The van der Waals surface area contributed by atoms with Crippen LogP contribution in [0.15, 0.2) is 36.4 Å². The smallest absolute Gasteiger partial charge is 0.347 e. The van der Waals surface area contributed by atoms with E-state index in [9.17, 15) is 14.7 Å². The molecule has 0 atom stereocenters. The lowest BCUT2D eigenvalue weighted by atomic mass is 10.0. The second-order valence-electron chi connectivity index (χ2n) is 8.51. The standard InChI is InChI=1S/C29H32O8/c1-8-35-28(31)24-16(2)14-23(18(4)26(24)30)37-29(32)25-17(3)13-22(19(5)27(25)34-7)36-15-20-9-11-21(33-6)12-10-20/h9-14,30H,8,15H2,1-7H3. The lowest BCUT2D eigenvalue weighted by Gasteiger charge is -2.19. The molecule has 0 saturated carbocycles. The van der Waals surface area contributed by atoms with Gasteiger partial charge in [0.15, 0.2) is 0 Å². The second kappa shape index (κ2) is 11.7. The van der Waals surface area contributed by atoms with E-state index in [0.29, 0.717) is 34.8 Å². The molecule has 1 N–H and O–H groups in total. The molecule has 8 heteroatoms. The largest absolute Gasteiger partial charge is 0.507 e. The van der Waals surface area contributed by atoms with Crippen molar-refractivity contribution in [2.24, 2.45) is 0 Å². The van der Waals surface area contributed by atoms with Crippen LogP contribution in [0.5, 0.6) is 28.7 Å². The highest BCUT2D eigenvalue weighted by atomic mass is 16.5. The van der Waals surface area contributed by atoms with Crippen LogP contribution in [-0.2, 0) is 11.3 Å². The fourth-order valence-electron chi connectivity index (χ4n) is 3.98. The summed E-state index contributed by atoms with van der Waals surface area (Å²) in [5.41, 5.74) is 3.14. The van der Waals surface area contributed by atoms with Gasteiger partial charge in [-0.1, -0.05) is 12.1 Å². The average Bonchev–Trinajstić information content (AvgIpc) is 2.87. The summed E-state index contributed by atoms with van der Waals surface area (Å²) in [6.07, 6.45) is 0. The van der Waals surface area contributed by atoms with Gasteiger partial charge in [-0.2, -0.15) is 0 Å². The highest BCUT2D eigenvalue weighted by Gasteiger charge is 2.26. The van der Waals surface area contributed by atoms with Crippen molar-refractivity contribution in [3.05, 3.63) is 75.3 Å². The van der Waals surface area contributed by atoms with Gasteiger partial charge in [0.1, 0.15) is 46.5 Å². The van der Waals surface area contributed by atoms with E-state index in [1.54, 1.807) is 47.8 Å². The second-order valence-corrected chi connectivity index (χ2v) is 8.51. The van der Waals surface area contributed by atoms with E-state index in [4.69, 9.17) is 23.7 Å². The number of esters is 2. The molecule has 0 heterocycles. The third-order valence-electron chi connectivity index (χ3n) is 6.03. The Balaban J connectivity index is 1.89. The molecule has 196 valence electrons. The highest BCUT2D eigenvalue weighted by Crippen LogP contribution is 2.38. The summed E-state index contributed by atoms with van der Waals surface area (Å²) in [6.45, 7) is 8.93. The molecule has 0 amide bonds. The molecule has 0 saturated heterocycles. The molecule has 0 radical (unpaired) electrons. The summed E-state index contributed by atoms with van der Waals surface area (Å²) in [7, 11) is 3.08. The molecule has 0 aliphatic rings. The topological polar surface area (TPSA) is 101 Å². The Morgan fingerprint density at radius 3 is 2.03 bits per heavy atom. The summed E-state index contributed by atoms with van der Waals surface area (Å²) in [5.74, 6) is 0.202. The minimum absolute atomic E-state index is 0.0436. The minimum Gasteiger partial charge on any atom is -0.507 e. The van der Waals surface area contributed by atoms with Gasteiger partial charge in [-0.05, 0) is 75.6 Å². The van der Waals surface area contributed by atoms with E-state index in [1.807, 2.05) is 24.3 Å². The van der Waals surface area contributed by atoms with Crippen LogP contribution in [0.4, 0.5) is 0 Å². The van der Waals surface area contributed by atoms with Gasteiger partial charge >= 0.3 is 11.9 Å². The van der Waals surface area contributed by atoms with Crippen molar-refractivity contribution in [3.63, 3.8) is 0 Å². The van der Waals surface area contributed by atoms with E-state index in [0.717, 1.165) is 11.3 Å². The number of ether oxygens (including phenoxy) is 5. The van der Waals surface area contributed by atoms with E-state index < -0.39 is 11.9 Å². The van der Waals surface area contributed by atoms with Gasteiger partial charge in [0, 0.05) is 11.1 Å². The lowest BCUT2D eigenvalue weighted by molar-refractivity contribution is 0.0522. The first-order chi connectivity index (χ1) is 17.6. The van der Waals surface area contributed by atoms with Gasteiger partial charge in [-0.25, -0.2) is 9.59 Å². The molecule has 3 rings (SSSR count). The Bertz CT molecular complexity index is 1310. The van der Waals surface area contributed by atoms with E-state index >= 15 is 0 Å². The summed E-state index contributed by atoms with van der Waals surface area (Å²) >= 11 is 0. The molecule has 0 unspecified atom stereocenters. The molecule has 0 aliphatic carbocycles. The van der Waals surface area contributed by atoms with Gasteiger partial charge in [0.25, 0.3) is 0 Å². The Kier molecular flexibility index (Phi) is 8.65. The van der Waals surface area contributed by atoms with Crippen LogP contribution >= 0.6 is 0 Å². The first-order valence-corrected chi connectivity index (χ1v) is 11.8. The molecular formula is C29H32O8. The number of carbonyl (C=O) groups excluding carboxylic acids is 2. The summed E-state index contributed by atoms with van der Waals surface area (Å²) in [5, 5.41) is 10.6. The van der Waals surface area contributed by atoms with Crippen molar-refractivity contribution >= 4 is 11.9 Å². The van der Waals surface area contributed by atoms with Crippen molar-refractivity contribution in [1.82, 2.24) is 0 Å². The fourth-order valence-corrected chi connectivity index (χ4v) is 3.98.